The van der Waals surface area contributed by atoms with Crippen LogP contribution in [0.3, 0.4) is 0 Å². The van der Waals surface area contributed by atoms with Crippen LogP contribution in [0.5, 0.6) is 5.75 Å². The van der Waals surface area contributed by atoms with Crippen molar-refractivity contribution >= 4 is 72.6 Å². The van der Waals surface area contributed by atoms with Crippen LogP contribution in [0.4, 0.5) is 5.69 Å². The van der Waals surface area contributed by atoms with Gasteiger partial charge in [-0.3, -0.25) is 9.59 Å². The molecule has 8 nitrogen and oxygen atoms in total. The van der Waals surface area contributed by atoms with Crippen LogP contribution in [0, 0.1) is 0 Å². The van der Waals surface area contributed by atoms with E-state index in [1.807, 2.05) is 43.3 Å². The highest BCUT2D eigenvalue weighted by Crippen LogP contribution is 2.33. The molecule has 198 valence electrons. The molecule has 39 heavy (non-hydrogen) atoms. The number of nitrogens with one attached hydrogen (secondary N) is 2. The van der Waals surface area contributed by atoms with Crippen LogP contribution < -0.4 is 14.8 Å². The molecule has 1 aromatic heterocycles. The van der Waals surface area contributed by atoms with Gasteiger partial charge >= 0.3 is 0 Å². The predicted octanol–water partition coefficient (Wildman–Crippen LogP) is 5.24. The lowest BCUT2D eigenvalue weighted by Crippen LogP contribution is -2.31. The van der Waals surface area contributed by atoms with Gasteiger partial charge in [0.15, 0.2) is 5.17 Å². The van der Waals surface area contributed by atoms with Crippen LogP contribution in [0.1, 0.15) is 18.1 Å². The summed E-state index contributed by atoms with van der Waals surface area (Å²) in [5, 5.41) is 6.94. The second-order valence-electron chi connectivity index (χ2n) is 8.46. The SMILES string of the molecule is CCOc1cc2ccccc2cc1C=C1SC(=Nc2ccc(CC(=O)NS(=O)(=O)c3cccs3)cc2)NC1=O. The molecule has 0 radical (unpaired) electrons. The summed E-state index contributed by atoms with van der Waals surface area (Å²) in [6.45, 7) is 2.42. The lowest BCUT2D eigenvalue weighted by atomic mass is 10.1. The summed E-state index contributed by atoms with van der Waals surface area (Å²) in [6.07, 6.45) is 1.69. The second-order valence-corrected chi connectivity index (χ2v) is 12.3. The molecular weight excluding hydrogens is 555 g/mol. The van der Waals surface area contributed by atoms with E-state index in [4.69, 9.17) is 4.74 Å². The number of benzene rings is 3. The number of ether oxygens (including phenoxy) is 1. The number of sulfonamides is 1. The van der Waals surface area contributed by atoms with Crippen LogP contribution in [0.2, 0.25) is 0 Å². The van der Waals surface area contributed by atoms with E-state index in [9.17, 15) is 18.0 Å². The third-order valence-corrected chi connectivity index (χ3v) is 9.34. The molecule has 3 aromatic carbocycles. The Morgan fingerprint density at radius 2 is 1.79 bits per heavy atom. The molecule has 11 heteroatoms. The number of amidine groups is 1. The predicted molar refractivity (Wildman–Crippen MR) is 156 cm³/mol. The van der Waals surface area contributed by atoms with E-state index in [-0.39, 0.29) is 16.5 Å². The number of hydrogen-bond acceptors (Lipinski definition) is 8. The Kier molecular flexibility index (Phi) is 7.82. The Labute approximate surface area is 233 Å². The Balaban J connectivity index is 1.28. The van der Waals surface area contributed by atoms with Gasteiger partial charge in [-0.25, -0.2) is 18.1 Å². The van der Waals surface area contributed by atoms with Crippen molar-refractivity contribution in [2.75, 3.05) is 6.61 Å². The average molecular weight is 578 g/mol. The highest BCUT2D eigenvalue weighted by Gasteiger charge is 2.24. The summed E-state index contributed by atoms with van der Waals surface area (Å²) in [7, 11) is -3.87. The summed E-state index contributed by atoms with van der Waals surface area (Å²) < 4.78 is 32.4. The van der Waals surface area contributed by atoms with Crippen molar-refractivity contribution in [1.29, 1.82) is 0 Å². The highest BCUT2D eigenvalue weighted by molar-refractivity contribution is 8.18. The molecular formula is C28H23N3O5S3. The quantitative estimate of drug-likeness (QED) is 0.277. The van der Waals surface area contributed by atoms with Crippen molar-refractivity contribution < 1.29 is 22.7 Å². The van der Waals surface area contributed by atoms with Gasteiger partial charge in [-0.2, -0.15) is 0 Å². The third-order valence-electron chi connectivity index (χ3n) is 5.66. The van der Waals surface area contributed by atoms with Gasteiger partial charge in [0, 0.05) is 5.56 Å². The Hall–Kier alpha value is -3.93. The number of rotatable bonds is 8. The normalized spacial score (nSPS) is 15.6. The zero-order valence-corrected chi connectivity index (χ0v) is 23.2. The van der Waals surface area contributed by atoms with Crippen molar-refractivity contribution in [1.82, 2.24) is 10.0 Å². The third kappa shape index (κ3) is 6.39. The summed E-state index contributed by atoms with van der Waals surface area (Å²) in [5.74, 6) is -0.184. The number of carbonyl (C=O) groups is 2. The van der Waals surface area contributed by atoms with E-state index in [0.717, 1.165) is 27.7 Å². The van der Waals surface area contributed by atoms with Crippen molar-refractivity contribution in [3.8, 4) is 5.75 Å². The molecule has 1 aliphatic heterocycles. The van der Waals surface area contributed by atoms with E-state index in [0.29, 0.717) is 33.7 Å². The maximum Gasteiger partial charge on any atom is 0.273 e. The number of fused-ring (bicyclic) bond motifs is 1. The largest absolute Gasteiger partial charge is 0.493 e. The number of amides is 2. The van der Waals surface area contributed by atoms with E-state index >= 15 is 0 Å². The number of nitrogens with zero attached hydrogens (tertiary/aromatic N) is 1. The van der Waals surface area contributed by atoms with Crippen LogP contribution >= 0.6 is 23.1 Å². The summed E-state index contributed by atoms with van der Waals surface area (Å²) in [6, 6.07) is 21.8. The van der Waals surface area contributed by atoms with Crippen LogP contribution in [0.15, 0.2) is 92.3 Å². The lowest BCUT2D eigenvalue weighted by Gasteiger charge is -2.09. The van der Waals surface area contributed by atoms with Gasteiger partial charge in [-0.05, 0) is 76.8 Å². The molecule has 0 bridgehead atoms. The average Bonchev–Trinajstić information content (AvgIpc) is 3.56. The standard InChI is InChI=1S/C28H23N3O5S3/c1-2-36-23-16-20-7-4-3-6-19(20)15-21(23)17-24-27(33)30-28(38-24)29-22-11-9-18(10-12-22)14-25(32)31-39(34,35)26-8-5-13-37-26/h3-13,15-17H,2,14H2,1H3,(H,31,32)(H,29,30,33). The first-order valence-corrected chi connectivity index (χ1v) is 15.1. The van der Waals surface area contributed by atoms with Gasteiger partial charge in [0.1, 0.15) is 9.96 Å². The highest BCUT2D eigenvalue weighted by atomic mass is 32.2. The minimum absolute atomic E-state index is 0.0845. The van der Waals surface area contributed by atoms with Gasteiger partial charge in [0.05, 0.1) is 23.6 Å². The molecule has 0 atom stereocenters. The first kappa shape index (κ1) is 26.7. The zero-order chi connectivity index (χ0) is 27.4. The molecule has 0 saturated carbocycles. The fraction of sp³-hybridized carbons (Fsp3) is 0.107. The summed E-state index contributed by atoms with van der Waals surface area (Å²) in [5.41, 5.74) is 2.01. The van der Waals surface area contributed by atoms with Gasteiger partial charge in [0.2, 0.25) is 5.91 Å². The van der Waals surface area contributed by atoms with E-state index < -0.39 is 15.9 Å². The van der Waals surface area contributed by atoms with Gasteiger partial charge < -0.3 is 10.1 Å². The maximum absolute atomic E-state index is 12.7. The van der Waals surface area contributed by atoms with Crippen molar-refractivity contribution in [2.24, 2.45) is 4.99 Å². The molecule has 1 saturated heterocycles. The number of carbonyl (C=O) groups excluding carboxylic acids is 2. The molecule has 2 amide bonds. The minimum atomic E-state index is -3.87. The van der Waals surface area contributed by atoms with Crippen molar-refractivity contribution in [2.45, 2.75) is 17.6 Å². The van der Waals surface area contributed by atoms with Gasteiger partial charge in [-0.1, -0.05) is 42.5 Å². The Bertz CT molecular complexity index is 1710. The molecule has 0 spiro atoms. The van der Waals surface area contributed by atoms with Crippen molar-refractivity contribution in [3.05, 3.63) is 94.2 Å². The van der Waals surface area contributed by atoms with Crippen LogP contribution in [-0.4, -0.2) is 32.0 Å². The number of thiophene rings is 1. The Morgan fingerprint density at radius 1 is 1.05 bits per heavy atom. The Morgan fingerprint density at radius 3 is 2.49 bits per heavy atom. The molecule has 4 aromatic rings. The molecule has 0 unspecified atom stereocenters. The minimum Gasteiger partial charge on any atom is -0.493 e. The fourth-order valence-electron chi connectivity index (χ4n) is 3.90. The van der Waals surface area contributed by atoms with E-state index in [1.165, 1.54) is 17.8 Å². The first-order chi connectivity index (χ1) is 18.8. The lowest BCUT2D eigenvalue weighted by molar-refractivity contribution is -0.118. The van der Waals surface area contributed by atoms with E-state index in [2.05, 4.69) is 15.0 Å². The second kappa shape index (κ2) is 11.4. The molecule has 2 heterocycles. The zero-order valence-electron chi connectivity index (χ0n) is 20.7. The number of hydrogen-bond donors (Lipinski definition) is 2. The van der Waals surface area contributed by atoms with Crippen molar-refractivity contribution in [3.63, 3.8) is 0 Å². The molecule has 1 aliphatic rings. The van der Waals surface area contributed by atoms with E-state index in [1.54, 1.807) is 41.8 Å². The van der Waals surface area contributed by atoms with Crippen LogP contribution in [0.25, 0.3) is 16.8 Å². The fourth-order valence-corrected chi connectivity index (χ4v) is 6.71. The smallest absolute Gasteiger partial charge is 0.273 e. The summed E-state index contributed by atoms with van der Waals surface area (Å²) >= 11 is 2.26. The van der Waals surface area contributed by atoms with Gasteiger partial charge in [-0.15, -0.1) is 11.3 Å². The molecule has 1 fully saturated rings. The topological polar surface area (TPSA) is 114 Å². The molecule has 0 aliphatic carbocycles. The number of thioether (sulfide) groups is 1. The van der Waals surface area contributed by atoms with Gasteiger partial charge in [0.25, 0.3) is 15.9 Å². The first-order valence-electron chi connectivity index (χ1n) is 11.9. The monoisotopic (exact) mass is 577 g/mol. The molecule has 5 rings (SSSR count). The summed E-state index contributed by atoms with van der Waals surface area (Å²) in [4.78, 5) is 29.9. The molecule has 2 N–H and O–H groups in total. The van der Waals surface area contributed by atoms with Crippen LogP contribution in [-0.2, 0) is 26.0 Å². The maximum atomic E-state index is 12.7. The number of aliphatic imine (C=N–C) groups is 1.